The molecule has 0 spiro atoms. The summed E-state index contributed by atoms with van der Waals surface area (Å²) in [5, 5.41) is 0. The molecule has 3 rings (SSSR count). The van der Waals surface area contributed by atoms with Gasteiger partial charge >= 0.3 is 13.8 Å². The lowest BCUT2D eigenvalue weighted by Crippen LogP contribution is -2.29. The fourth-order valence-corrected chi connectivity index (χ4v) is 6.24. The van der Waals surface area contributed by atoms with Crippen molar-refractivity contribution < 1.29 is 27.9 Å². The van der Waals surface area contributed by atoms with Gasteiger partial charge in [0.1, 0.15) is 5.60 Å². The predicted molar refractivity (Wildman–Crippen MR) is 112 cm³/mol. The van der Waals surface area contributed by atoms with E-state index in [2.05, 4.69) is 0 Å². The van der Waals surface area contributed by atoms with Crippen LogP contribution in [0.5, 0.6) is 11.5 Å². The highest BCUT2D eigenvalue weighted by Gasteiger charge is 2.43. The molecule has 1 amide bonds. The number of para-hydroxylation sites is 1. The van der Waals surface area contributed by atoms with Crippen LogP contribution >= 0.6 is 19.9 Å². The van der Waals surface area contributed by atoms with Crippen molar-refractivity contribution in [2.45, 2.75) is 58.7 Å². The van der Waals surface area contributed by atoms with Gasteiger partial charge in [0.2, 0.25) is 0 Å². The molecule has 2 heterocycles. The van der Waals surface area contributed by atoms with E-state index in [4.69, 9.17) is 18.5 Å². The molecule has 2 aliphatic heterocycles. The number of benzene rings is 1. The number of ether oxygens (including phenoxy) is 2. The Morgan fingerprint density at radius 3 is 2.83 bits per heavy atom. The second kappa shape index (κ2) is 8.86. The predicted octanol–water partition coefficient (Wildman–Crippen LogP) is 5.04. The zero-order valence-electron chi connectivity index (χ0n) is 17.5. The SMILES string of the molecule is CCCCN(SN(C)C(=O)Oc1cccc2c1OC(C)(C)C2)P1(=O)OCC(C)O1. The zero-order chi connectivity index (χ0) is 21.2. The number of fused-ring (bicyclic) bond motifs is 1. The van der Waals surface area contributed by atoms with E-state index in [0.717, 1.165) is 37.0 Å². The van der Waals surface area contributed by atoms with Crippen LogP contribution in [0.2, 0.25) is 0 Å². The molecule has 1 saturated heterocycles. The quantitative estimate of drug-likeness (QED) is 0.428. The molecule has 2 atom stereocenters. The Labute approximate surface area is 176 Å². The van der Waals surface area contributed by atoms with Crippen LogP contribution in [0.1, 0.15) is 46.1 Å². The average molecular weight is 444 g/mol. The van der Waals surface area contributed by atoms with Gasteiger partial charge in [-0.25, -0.2) is 13.7 Å². The number of carbonyl (C=O) groups is 1. The van der Waals surface area contributed by atoms with Crippen LogP contribution in [-0.2, 0) is 20.0 Å². The maximum atomic E-state index is 13.0. The molecule has 0 bridgehead atoms. The number of rotatable bonds is 7. The Morgan fingerprint density at radius 1 is 1.41 bits per heavy atom. The molecular weight excluding hydrogens is 415 g/mol. The highest BCUT2D eigenvalue weighted by Crippen LogP contribution is 2.60. The summed E-state index contributed by atoms with van der Waals surface area (Å²) in [4.78, 5) is 12.7. The van der Waals surface area contributed by atoms with Gasteiger partial charge in [-0.3, -0.25) is 9.05 Å². The summed E-state index contributed by atoms with van der Waals surface area (Å²) in [6.07, 6.45) is 1.59. The summed E-state index contributed by atoms with van der Waals surface area (Å²) < 4.78 is 38.3. The highest BCUT2D eigenvalue weighted by atomic mass is 32.2. The lowest BCUT2D eigenvalue weighted by atomic mass is 10.0. The monoisotopic (exact) mass is 444 g/mol. The molecule has 10 heteroatoms. The van der Waals surface area contributed by atoms with Gasteiger partial charge in [-0.1, -0.05) is 25.5 Å². The molecular formula is C19H29N2O6PS. The minimum atomic E-state index is -3.45. The van der Waals surface area contributed by atoms with E-state index in [9.17, 15) is 9.36 Å². The van der Waals surface area contributed by atoms with Crippen molar-refractivity contribution in [3.8, 4) is 11.5 Å². The van der Waals surface area contributed by atoms with Crippen molar-refractivity contribution in [2.75, 3.05) is 20.2 Å². The standard InChI is InChI=1S/C19H29N2O6PS/c1-6-7-11-21(28(23)24-13-14(2)27-28)29-20(5)18(22)25-16-10-8-9-15-12-19(3,4)26-17(15)16/h8-10,14H,6-7,11-13H2,1-5H3. The van der Waals surface area contributed by atoms with Crippen LogP contribution in [0, 0.1) is 0 Å². The van der Waals surface area contributed by atoms with E-state index in [1.807, 2.05) is 32.9 Å². The van der Waals surface area contributed by atoms with Crippen LogP contribution in [0.3, 0.4) is 0 Å². The Hall–Kier alpha value is -1.25. The number of carbonyl (C=O) groups excluding carboxylic acids is 1. The largest absolute Gasteiger partial charge is 0.483 e. The van der Waals surface area contributed by atoms with Gasteiger partial charge in [-0.15, -0.1) is 4.08 Å². The molecule has 0 aromatic heterocycles. The first-order chi connectivity index (χ1) is 13.6. The molecule has 2 unspecified atom stereocenters. The van der Waals surface area contributed by atoms with Crippen molar-refractivity contribution >= 4 is 26.0 Å². The third kappa shape index (κ3) is 5.27. The summed E-state index contributed by atoms with van der Waals surface area (Å²) in [7, 11) is -1.89. The third-order valence-electron chi connectivity index (χ3n) is 4.49. The molecule has 0 aliphatic carbocycles. The first-order valence-corrected chi connectivity index (χ1v) is 12.0. The third-order valence-corrected chi connectivity index (χ3v) is 7.92. The minimum absolute atomic E-state index is 0.254. The van der Waals surface area contributed by atoms with Gasteiger partial charge in [0.05, 0.1) is 24.8 Å². The van der Waals surface area contributed by atoms with Gasteiger partial charge < -0.3 is 9.47 Å². The second-order valence-corrected chi connectivity index (χ2v) is 11.2. The lowest BCUT2D eigenvalue weighted by molar-refractivity contribution is 0.131. The summed E-state index contributed by atoms with van der Waals surface area (Å²) in [5.74, 6) is 0.968. The minimum Gasteiger partial charge on any atom is -0.483 e. The van der Waals surface area contributed by atoms with E-state index >= 15 is 0 Å². The second-order valence-electron chi connectivity index (χ2n) is 7.84. The van der Waals surface area contributed by atoms with Crippen LogP contribution in [0.4, 0.5) is 4.79 Å². The Balaban J connectivity index is 1.68. The van der Waals surface area contributed by atoms with Crippen LogP contribution in [0.15, 0.2) is 18.2 Å². The van der Waals surface area contributed by atoms with Crippen LogP contribution in [0.25, 0.3) is 0 Å². The van der Waals surface area contributed by atoms with Crippen molar-refractivity contribution in [2.24, 2.45) is 0 Å². The van der Waals surface area contributed by atoms with Crippen molar-refractivity contribution in [3.63, 3.8) is 0 Å². The molecule has 0 saturated carbocycles. The fourth-order valence-electron chi connectivity index (χ4n) is 3.11. The smallest absolute Gasteiger partial charge is 0.426 e. The summed E-state index contributed by atoms with van der Waals surface area (Å²) in [5.41, 5.74) is 0.668. The molecule has 1 aromatic carbocycles. The summed E-state index contributed by atoms with van der Waals surface area (Å²) >= 11 is 0.981. The Bertz CT molecular complexity index is 805. The van der Waals surface area contributed by atoms with Gasteiger partial charge in [0, 0.05) is 25.6 Å². The van der Waals surface area contributed by atoms with Gasteiger partial charge in [-0.05, 0) is 33.3 Å². The van der Waals surface area contributed by atoms with Crippen LogP contribution in [-0.4, -0.2) is 46.4 Å². The zero-order valence-corrected chi connectivity index (χ0v) is 19.3. The summed E-state index contributed by atoms with van der Waals surface area (Å²) in [6.45, 7) is 8.54. The molecule has 1 aromatic rings. The molecule has 1 fully saturated rings. The van der Waals surface area contributed by atoms with Crippen molar-refractivity contribution in [3.05, 3.63) is 23.8 Å². The normalized spacial score (nSPS) is 25.0. The molecule has 0 radical (unpaired) electrons. The molecule has 8 nitrogen and oxygen atoms in total. The van der Waals surface area contributed by atoms with E-state index in [0.29, 0.717) is 18.0 Å². The van der Waals surface area contributed by atoms with E-state index in [1.165, 1.54) is 8.38 Å². The first-order valence-electron chi connectivity index (χ1n) is 9.79. The number of hydrogen-bond acceptors (Lipinski definition) is 7. The molecule has 2 aliphatic rings. The Morgan fingerprint density at radius 2 is 2.17 bits per heavy atom. The van der Waals surface area contributed by atoms with Crippen LogP contribution < -0.4 is 9.47 Å². The molecule has 0 N–H and O–H groups in total. The average Bonchev–Trinajstić information content (AvgIpc) is 3.16. The number of nitrogens with zero attached hydrogens (tertiary/aromatic N) is 2. The number of unbranched alkanes of at least 4 members (excludes halogenated alkanes) is 1. The molecule has 162 valence electrons. The Kier molecular flexibility index (Phi) is 6.85. The van der Waals surface area contributed by atoms with E-state index in [1.54, 1.807) is 20.0 Å². The maximum absolute atomic E-state index is 13.0. The van der Waals surface area contributed by atoms with Crippen molar-refractivity contribution in [1.29, 1.82) is 0 Å². The first kappa shape index (κ1) is 22.4. The van der Waals surface area contributed by atoms with E-state index in [-0.39, 0.29) is 18.3 Å². The van der Waals surface area contributed by atoms with Gasteiger partial charge in [-0.2, -0.15) is 0 Å². The van der Waals surface area contributed by atoms with Gasteiger partial charge in [0.25, 0.3) is 0 Å². The number of amides is 1. The van der Waals surface area contributed by atoms with E-state index < -0.39 is 13.8 Å². The fraction of sp³-hybridized carbons (Fsp3) is 0.632. The van der Waals surface area contributed by atoms with Crippen molar-refractivity contribution in [1.82, 2.24) is 8.38 Å². The molecule has 29 heavy (non-hydrogen) atoms. The van der Waals surface area contributed by atoms with Gasteiger partial charge in [0.15, 0.2) is 11.5 Å². The topological polar surface area (TPSA) is 77.5 Å². The lowest BCUT2D eigenvalue weighted by Gasteiger charge is -2.28. The number of hydrogen-bond donors (Lipinski definition) is 0. The maximum Gasteiger partial charge on any atom is 0.426 e. The summed E-state index contributed by atoms with van der Waals surface area (Å²) in [6, 6.07) is 5.51. The highest BCUT2D eigenvalue weighted by molar-refractivity contribution is 7.99.